The van der Waals surface area contributed by atoms with Crippen LogP contribution >= 0.6 is 0 Å². The quantitative estimate of drug-likeness (QED) is 0.847. The van der Waals surface area contributed by atoms with E-state index in [9.17, 15) is 9.59 Å². The molecule has 21 heavy (non-hydrogen) atoms. The van der Waals surface area contributed by atoms with Gasteiger partial charge in [-0.3, -0.25) is 9.59 Å². The van der Waals surface area contributed by atoms with Crippen LogP contribution in [0.15, 0.2) is 0 Å². The van der Waals surface area contributed by atoms with E-state index in [0.717, 1.165) is 25.7 Å². The zero-order valence-corrected chi connectivity index (χ0v) is 13.7. The first-order valence-corrected chi connectivity index (χ1v) is 8.74. The van der Waals surface area contributed by atoms with Crippen molar-refractivity contribution in [2.45, 2.75) is 90.3 Å². The van der Waals surface area contributed by atoms with Crippen molar-refractivity contribution in [3.05, 3.63) is 0 Å². The van der Waals surface area contributed by atoms with Gasteiger partial charge in [-0.1, -0.05) is 46.5 Å². The Hall–Kier alpha value is -1.06. The molecule has 0 spiro atoms. The molecule has 1 saturated carbocycles. The van der Waals surface area contributed by atoms with E-state index < -0.39 is 0 Å². The van der Waals surface area contributed by atoms with Gasteiger partial charge < -0.3 is 10.2 Å². The van der Waals surface area contributed by atoms with E-state index in [1.165, 1.54) is 19.3 Å². The van der Waals surface area contributed by atoms with Crippen LogP contribution in [0.1, 0.15) is 72.1 Å². The summed E-state index contributed by atoms with van der Waals surface area (Å²) in [7, 11) is 0. The van der Waals surface area contributed by atoms with Crippen molar-refractivity contribution in [2.24, 2.45) is 5.92 Å². The second-order valence-electron chi connectivity index (χ2n) is 6.61. The lowest BCUT2D eigenvalue weighted by Crippen LogP contribution is -2.65. The van der Waals surface area contributed by atoms with Crippen LogP contribution in [0.25, 0.3) is 0 Å². The lowest BCUT2D eigenvalue weighted by molar-refractivity contribution is -0.153. The number of nitrogens with zero attached hydrogens (tertiary/aromatic N) is 1. The number of nitrogens with one attached hydrogen (secondary N) is 1. The fourth-order valence-electron chi connectivity index (χ4n) is 3.98. The van der Waals surface area contributed by atoms with Gasteiger partial charge in [0.05, 0.1) is 0 Å². The Morgan fingerprint density at radius 2 is 1.90 bits per heavy atom. The zero-order valence-electron chi connectivity index (χ0n) is 13.7. The molecule has 1 aliphatic heterocycles. The molecule has 2 aliphatic rings. The van der Waals surface area contributed by atoms with Gasteiger partial charge in [0.1, 0.15) is 12.1 Å². The topological polar surface area (TPSA) is 49.4 Å². The summed E-state index contributed by atoms with van der Waals surface area (Å²) in [5.74, 6) is 0.919. The first-order valence-electron chi connectivity index (χ1n) is 8.74. The van der Waals surface area contributed by atoms with E-state index in [2.05, 4.69) is 19.2 Å². The maximum absolute atomic E-state index is 12.8. The molecule has 1 saturated heterocycles. The normalized spacial score (nSPS) is 34.0. The first kappa shape index (κ1) is 16.3. The first-order chi connectivity index (χ1) is 10.1. The Kier molecular flexibility index (Phi) is 5.65. The van der Waals surface area contributed by atoms with E-state index in [-0.39, 0.29) is 29.9 Å². The van der Waals surface area contributed by atoms with Crippen molar-refractivity contribution in [3.63, 3.8) is 0 Å². The molecule has 1 aliphatic carbocycles. The van der Waals surface area contributed by atoms with Gasteiger partial charge in [0, 0.05) is 6.04 Å². The number of carbonyl (C=O) groups is 2. The maximum Gasteiger partial charge on any atom is 0.246 e. The van der Waals surface area contributed by atoms with Crippen LogP contribution < -0.4 is 5.32 Å². The summed E-state index contributed by atoms with van der Waals surface area (Å²) in [6.45, 7) is 6.29. The Morgan fingerprint density at radius 1 is 1.14 bits per heavy atom. The van der Waals surface area contributed by atoms with Gasteiger partial charge in [-0.2, -0.15) is 0 Å². The highest BCUT2D eigenvalue weighted by molar-refractivity contribution is 5.97. The van der Waals surface area contributed by atoms with Crippen LogP contribution in [0.4, 0.5) is 0 Å². The van der Waals surface area contributed by atoms with Crippen LogP contribution in [0, 0.1) is 5.92 Å². The van der Waals surface area contributed by atoms with Gasteiger partial charge in [0.25, 0.3) is 0 Å². The van der Waals surface area contributed by atoms with E-state index in [4.69, 9.17) is 0 Å². The molecule has 0 aromatic carbocycles. The molecule has 4 heteroatoms. The fourth-order valence-corrected chi connectivity index (χ4v) is 3.98. The number of hydrogen-bond donors (Lipinski definition) is 1. The molecule has 4 atom stereocenters. The number of amides is 2. The molecular formula is C17H30N2O2. The number of hydrogen-bond acceptors (Lipinski definition) is 2. The van der Waals surface area contributed by atoms with Gasteiger partial charge >= 0.3 is 0 Å². The smallest absolute Gasteiger partial charge is 0.246 e. The Balaban J connectivity index is 2.18. The minimum Gasteiger partial charge on any atom is -0.343 e. The predicted molar refractivity (Wildman–Crippen MR) is 83.8 cm³/mol. The second kappa shape index (κ2) is 7.28. The lowest BCUT2D eigenvalue weighted by atomic mass is 9.82. The molecule has 1 heterocycles. The van der Waals surface area contributed by atoms with Gasteiger partial charge in [-0.05, 0) is 31.6 Å². The molecule has 2 fully saturated rings. The molecule has 1 N–H and O–H groups in total. The van der Waals surface area contributed by atoms with Crippen molar-refractivity contribution in [2.75, 3.05) is 0 Å². The summed E-state index contributed by atoms with van der Waals surface area (Å²) >= 11 is 0. The van der Waals surface area contributed by atoms with E-state index in [1.807, 2.05) is 11.8 Å². The van der Waals surface area contributed by atoms with Crippen molar-refractivity contribution >= 4 is 11.8 Å². The van der Waals surface area contributed by atoms with Crippen LogP contribution in [0.2, 0.25) is 0 Å². The van der Waals surface area contributed by atoms with Crippen molar-refractivity contribution in [1.82, 2.24) is 10.2 Å². The standard InChI is InChI=1S/C17H30N2O2/c1-4-8-14-17(21)19(15(6-3)16(20)18-14)13-10-7-9-12(5-2)11-13/h12-15H,4-11H2,1-3H3,(H,18,20). The third kappa shape index (κ3) is 3.41. The molecule has 0 aromatic heterocycles. The van der Waals surface area contributed by atoms with E-state index in [1.54, 1.807) is 0 Å². The molecule has 4 nitrogen and oxygen atoms in total. The highest BCUT2D eigenvalue weighted by Gasteiger charge is 2.43. The molecule has 2 rings (SSSR count). The van der Waals surface area contributed by atoms with Crippen LogP contribution in [0.3, 0.4) is 0 Å². The van der Waals surface area contributed by atoms with Gasteiger partial charge in [-0.25, -0.2) is 0 Å². The Morgan fingerprint density at radius 3 is 2.52 bits per heavy atom. The highest BCUT2D eigenvalue weighted by atomic mass is 16.2. The van der Waals surface area contributed by atoms with Gasteiger partial charge in [0.15, 0.2) is 0 Å². The summed E-state index contributed by atoms with van der Waals surface area (Å²) in [6.07, 6.45) is 8.16. The average molecular weight is 294 g/mol. The second-order valence-corrected chi connectivity index (χ2v) is 6.61. The maximum atomic E-state index is 12.8. The van der Waals surface area contributed by atoms with Crippen LogP contribution in [-0.4, -0.2) is 34.8 Å². The van der Waals surface area contributed by atoms with Crippen LogP contribution in [0.5, 0.6) is 0 Å². The number of carbonyl (C=O) groups excluding carboxylic acids is 2. The predicted octanol–water partition coefficient (Wildman–Crippen LogP) is 2.86. The lowest BCUT2D eigenvalue weighted by Gasteiger charge is -2.45. The van der Waals surface area contributed by atoms with Crippen molar-refractivity contribution in [1.29, 1.82) is 0 Å². The van der Waals surface area contributed by atoms with Gasteiger partial charge in [-0.15, -0.1) is 0 Å². The third-order valence-electron chi connectivity index (χ3n) is 5.20. The SMILES string of the molecule is CCCC1NC(=O)C(CC)N(C2CCCC(CC)C2)C1=O. The highest BCUT2D eigenvalue weighted by Crippen LogP contribution is 2.32. The monoisotopic (exact) mass is 294 g/mol. The molecule has 0 radical (unpaired) electrons. The molecule has 2 amide bonds. The third-order valence-corrected chi connectivity index (χ3v) is 5.20. The Bertz CT molecular complexity index is 383. The summed E-state index contributed by atoms with van der Waals surface area (Å²) < 4.78 is 0. The van der Waals surface area contributed by atoms with E-state index in [0.29, 0.717) is 12.3 Å². The molecule has 120 valence electrons. The fraction of sp³-hybridized carbons (Fsp3) is 0.882. The summed E-state index contributed by atoms with van der Waals surface area (Å²) in [5.41, 5.74) is 0. The zero-order chi connectivity index (χ0) is 15.4. The summed E-state index contributed by atoms with van der Waals surface area (Å²) in [4.78, 5) is 27.2. The van der Waals surface area contributed by atoms with Crippen LogP contribution in [-0.2, 0) is 9.59 Å². The molecule has 0 bridgehead atoms. The summed E-state index contributed by atoms with van der Waals surface area (Å²) in [6, 6.07) is -0.287. The molecule has 4 unspecified atom stereocenters. The minimum absolute atomic E-state index is 0.0502. The van der Waals surface area contributed by atoms with E-state index >= 15 is 0 Å². The van der Waals surface area contributed by atoms with Crippen molar-refractivity contribution < 1.29 is 9.59 Å². The summed E-state index contributed by atoms with van der Waals surface area (Å²) in [5, 5.41) is 2.93. The number of rotatable bonds is 5. The number of piperazine rings is 1. The largest absolute Gasteiger partial charge is 0.343 e. The van der Waals surface area contributed by atoms with Crippen molar-refractivity contribution in [3.8, 4) is 0 Å². The Labute approximate surface area is 128 Å². The minimum atomic E-state index is -0.299. The average Bonchev–Trinajstić information content (AvgIpc) is 2.50. The molecule has 0 aromatic rings. The van der Waals surface area contributed by atoms with Gasteiger partial charge in [0.2, 0.25) is 11.8 Å². The molecular weight excluding hydrogens is 264 g/mol.